The van der Waals surface area contributed by atoms with E-state index in [4.69, 9.17) is 37.0 Å². The van der Waals surface area contributed by atoms with Crippen molar-refractivity contribution in [2.75, 3.05) is 39.6 Å². The molecule has 0 aliphatic carbocycles. The number of carbonyl (C=O) groups is 4. The normalized spacial score (nSPS) is 14.4. The van der Waals surface area contributed by atoms with E-state index in [1.807, 2.05) is 0 Å². The molecule has 0 amide bonds. The summed E-state index contributed by atoms with van der Waals surface area (Å²) in [6.07, 6.45) is 49.7. The largest absolute Gasteiger partial charge is 0.472 e. The van der Waals surface area contributed by atoms with Gasteiger partial charge in [-0.05, 0) is 43.4 Å². The molecule has 0 radical (unpaired) electrons. The van der Waals surface area contributed by atoms with Crippen LogP contribution in [0.25, 0.3) is 0 Å². The Bertz CT molecular complexity index is 1820. The third-order valence-corrected chi connectivity index (χ3v) is 19.4. The summed E-state index contributed by atoms with van der Waals surface area (Å²) in [5, 5.41) is 10.6. The Labute approximate surface area is 568 Å². The molecule has 6 atom stereocenters. The average Bonchev–Trinajstić information content (AvgIpc) is 1.86. The molecule has 0 heterocycles. The number of aliphatic hydroxyl groups excluding tert-OH is 1. The Morgan fingerprint density at radius 2 is 0.548 bits per heavy atom. The molecule has 0 aromatic rings. The first-order valence-electron chi connectivity index (χ1n) is 38.4. The van der Waals surface area contributed by atoms with Gasteiger partial charge >= 0.3 is 39.5 Å². The van der Waals surface area contributed by atoms with E-state index >= 15 is 0 Å². The van der Waals surface area contributed by atoms with Crippen LogP contribution in [0.1, 0.15) is 376 Å². The summed E-state index contributed by atoms with van der Waals surface area (Å²) in [5.41, 5.74) is 0. The molecule has 3 unspecified atom stereocenters. The van der Waals surface area contributed by atoms with E-state index in [0.29, 0.717) is 25.7 Å². The van der Waals surface area contributed by atoms with Crippen molar-refractivity contribution < 1.29 is 80.2 Å². The fraction of sp³-hybridized carbons (Fsp3) is 0.946. The van der Waals surface area contributed by atoms with Crippen molar-refractivity contribution in [1.29, 1.82) is 0 Å². The van der Waals surface area contributed by atoms with Crippen molar-refractivity contribution in [3.8, 4) is 0 Å². The van der Waals surface area contributed by atoms with E-state index in [1.165, 1.54) is 186 Å². The van der Waals surface area contributed by atoms with Crippen LogP contribution in [0.5, 0.6) is 0 Å². The van der Waals surface area contributed by atoms with Gasteiger partial charge < -0.3 is 33.8 Å². The highest BCUT2D eigenvalue weighted by Crippen LogP contribution is 2.45. The van der Waals surface area contributed by atoms with Crippen molar-refractivity contribution >= 4 is 39.5 Å². The number of hydrogen-bond donors (Lipinski definition) is 3. The van der Waals surface area contributed by atoms with Gasteiger partial charge in [0.25, 0.3) is 0 Å². The minimum Gasteiger partial charge on any atom is -0.462 e. The van der Waals surface area contributed by atoms with Gasteiger partial charge in [-0.2, -0.15) is 0 Å². The number of aliphatic hydroxyl groups is 1. The molecule has 0 rings (SSSR count). The third-order valence-electron chi connectivity index (χ3n) is 17.5. The number of phosphoric acid groups is 2. The lowest BCUT2D eigenvalue weighted by Gasteiger charge is -2.21. The Morgan fingerprint density at radius 3 is 0.817 bits per heavy atom. The summed E-state index contributed by atoms with van der Waals surface area (Å²) in [4.78, 5) is 72.8. The molecule has 93 heavy (non-hydrogen) atoms. The number of carbonyl (C=O) groups excluding carboxylic acids is 4. The highest BCUT2D eigenvalue weighted by atomic mass is 31.2. The van der Waals surface area contributed by atoms with Crippen LogP contribution in [0.15, 0.2) is 0 Å². The summed E-state index contributed by atoms with van der Waals surface area (Å²) in [6, 6.07) is 0. The predicted molar refractivity (Wildman–Crippen MR) is 377 cm³/mol. The van der Waals surface area contributed by atoms with Crippen LogP contribution in [-0.2, 0) is 65.4 Å². The van der Waals surface area contributed by atoms with Gasteiger partial charge in [0.2, 0.25) is 0 Å². The van der Waals surface area contributed by atoms with Crippen LogP contribution in [0.2, 0.25) is 0 Å². The van der Waals surface area contributed by atoms with Gasteiger partial charge in [0, 0.05) is 25.7 Å². The predicted octanol–water partition coefficient (Wildman–Crippen LogP) is 21.4. The van der Waals surface area contributed by atoms with Gasteiger partial charge in [-0.1, -0.05) is 325 Å². The van der Waals surface area contributed by atoms with Crippen LogP contribution < -0.4 is 0 Å². The highest BCUT2D eigenvalue weighted by molar-refractivity contribution is 7.47. The number of unbranched alkanes of at least 4 members (excludes halogenated alkanes) is 39. The molecule has 0 fully saturated rings. The Kier molecular flexibility index (Phi) is 63.4. The molecule has 552 valence electrons. The molecule has 19 heteroatoms. The van der Waals surface area contributed by atoms with Crippen LogP contribution in [-0.4, -0.2) is 96.7 Å². The lowest BCUT2D eigenvalue weighted by atomic mass is 9.99. The topological polar surface area (TPSA) is 237 Å². The molecular formula is C74H144O17P2. The van der Waals surface area contributed by atoms with E-state index in [2.05, 4.69) is 48.5 Å². The summed E-state index contributed by atoms with van der Waals surface area (Å²) in [7, 11) is -9.91. The Balaban J connectivity index is 5.27. The number of rotatable bonds is 72. The van der Waals surface area contributed by atoms with Gasteiger partial charge in [0.1, 0.15) is 19.3 Å². The zero-order valence-electron chi connectivity index (χ0n) is 60.7. The number of phosphoric ester groups is 2. The number of hydrogen-bond acceptors (Lipinski definition) is 15. The summed E-state index contributed by atoms with van der Waals surface area (Å²) in [6.45, 7) is 11.9. The van der Waals surface area contributed by atoms with E-state index in [9.17, 15) is 43.2 Å². The van der Waals surface area contributed by atoms with Crippen LogP contribution in [0.4, 0.5) is 0 Å². The molecule has 0 aromatic heterocycles. The average molecular weight is 1370 g/mol. The molecule has 0 bridgehead atoms. The second-order valence-corrected chi connectivity index (χ2v) is 30.8. The lowest BCUT2D eigenvalue weighted by molar-refractivity contribution is -0.161. The third kappa shape index (κ3) is 67.0. The van der Waals surface area contributed by atoms with E-state index in [-0.39, 0.29) is 25.7 Å². The molecule has 0 saturated carbocycles. The van der Waals surface area contributed by atoms with E-state index in [1.54, 1.807) is 0 Å². The first kappa shape index (κ1) is 91.1. The monoisotopic (exact) mass is 1370 g/mol. The maximum Gasteiger partial charge on any atom is 0.472 e. The quantitative estimate of drug-likeness (QED) is 0.0222. The standard InChI is InChI=1S/C74H144O17P2/c1-8-10-11-12-13-14-15-18-27-34-41-48-55-71(76)84-61-70(91-74(79)58-51-44-37-30-22-20-25-32-39-46-53-66(5)6)64-89-93(82,83)87-60-68(75)59-86-92(80,81)88-63-69(90-73(78)57-50-43-36-29-19-16-17-24-31-38-45-52-65(3)4)62-85-72(77)56-49-42-35-28-23-21-26-33-40-47-54-67(7)9-2/h65-70,75H,8-64H2,1-7H3,(H,80,81)(H,82,83)/t67?,68-,69-,70-/m1/s1. The molecule has 0 aromatic carbocycles. The molecule has 0 spiro atoms. The zero-order valence-corrected chi connectivity index (χ0v) is 62.5. The van der Waals surface area contributed by atoms with Gasteiger partial charge in [0.15, 0.2) is 12.2 Å². The smallest absolute Gasteiger partial charge is 0.462 e. The molecule has 3 N–H and O–H groups in total. The SMILES string of the molecule is CCCCCCCCCCCCCCC(=O)OC[C@H](COP(=O)(O)OC[C@H](O)COP(=O)(O)OC[C@@H](COC(=O)CCCCCCCCCCCCC(C)CC)OC(=O)CCCCCCCCCCCCCC(C)C)OC(=O)CCCCCCCCCCCCC(C)C. The molecule has 0 aliphatic rings. The Hall–Kier alpha value is -1.94. The lowest BCUT2D eigenvalue weighted by Crippen LogP contribution is -2.30. The minimum absolute atomic E-state index is 0.106. The van der Waals surface area contributed by atoms with Crippen molar-refractivity contribution in [3.05, 3.63) is 0 Å². The molecule has 0 saturated heterocycles. The second kappa shape index (κ2) is 64.7. The first-order valence-corrected chi connectivity index (χ1v) is 41.4. The zero-order chi connectivity index (χ0) is 68.7. The maximum absolute atomic E-state index is 13.1. The van der Waals surface area contributed by atoms with Crippen LogP contribution >= 0.6 is 15.6 Å². The molecule has 0 aliphatic heterocycles. The number of esters is 4. The summed E-state index contributed by atoms with van der Waals surface area (Å²) >= 11 is 0. The fourth-order valence-corrected chi connectivity index (χ4v) is 12.8. The molecular weight excluding hydrogens is 1220 g/mol. The van der Waals surface area contributed by atoms with Crippen molar-refractivity contribution in [2.24, 2.45) is 17.8 Å². The number of ether oxygens (including phenoxy) is 4. The van der Waals surface area contributed by atoms with E-state index < -0.39 is 97.5 Å². The van der Waals surface area contributed by atoms with Crippen molar-refractivity contribution in [1.82, 2.24) is 0 Å². The molecule has 17 nitrogen and oxygen atoms in total. The van der Waals surface area contributed by atoms with Gasteiger partial charge in [-0.25, -0.2) is 9.13 Å². The van der Waals surface area contributed by atoms with Crippen LogP contribution in [0.3, 0.4) is 0 Å². The Morgan fingerprint density at radius 1 is 0.312 bits per heavy atom. The van der Waals surface area contributed by atoms with Gasteiger partial charge in [-0.15, -0.1) is 0 Å². The van der Waals surface area contributed by atoms with E-state index in [0.717, 1.165) is 108 Å². The maximum atomic E-state index is 13.1. The summed E-state index contributed by atoms with van der Waals surface area (Å²) in [5.74, 6) is 0.208. The fourth-order valence-electron chi connectivity index (χ4n) is 11.2. The van der Waals surface area contributed by atoms with Gasteiger partial charge in [0.05, 0.1) is 26.4 Å². The minimum atomic E-state index is -4.96. The summed E-state index contributed by atoms with van der Waals surface area (Å²) < 4.78 is 68.5. The van der Waals surface area contributed by atoms with Gasteiger partial charge in [-0.3, -0.25) is 37.3 Å². The first-order chi connectivity index (χ1) is 44.8. The van der Waals surface area contributed by atoms with Crippen molar-refractivity contribution in [2.45, 2.75) is 394 Å². The second-order valence-electron chi connectivity index (χ2n) is 27.9. The van der Waals surface area contributed by atoms with Crippen LogP contribution in [0, 0.1) is 17.8 Å². The highest BCUT2D eigenvalue weighted by Gasteiger charge is 2.30. The van der Waals surface area contributed by atoms with Crippen molar-refractivity contribution in [3.63, 3.8) is 0 Å².